The van der Waals surface area contributed by atoms with Crippen LogP contribution in [0.15, 0.2) is 36.4 Å². The number of nitro benzene ring substituents is 1. The monoisotopic (exact) mass is 376 g/mol. The molecule has 1 N–H and O–H groups in total. The van der Waals surface area contributed by atoms with Gasteiger partial charge in [-0.15, -0.1) is 0 Å². The van der Waals surface area contributed by atoms with E-state index in [0.29, 0.717) is 30.4 Å². The number of carbonyl (C=O) groups excluding carboxylic acids is 1. The van der Waals surface area contributed by atoms with Crippen LogP contribution in [0.3, 0.4) is 0 Å². The SMILES string of the molecule is CCCOc1ccc(NC(=O)c2ccc(F)c([N+](=O)[O-])c2)cc1OCCC. The van der Waals surface area contributed by atoms with Gasteiger partial charge < -0.3 is 14.8 Å². The third-order valence-corrected chi connectivity index (χ3v) is 3.53. The minimum atomic E-state index is -0.996. The maximum Gasteiger partial charge on any atom is 0.305 e. The Balaban J connectivity index is 2.21. The molecule has 0 heterocycles. The number of carbonyl (C=O) groups is 1. The van der Waals surface area contributed by atoms with Crippen LogP contribution in [0.1, 0.15) is 37.0 Å². The molecule has 27 heavy (non-hydrogen) atoms. The van der Waals surface area contributed by atoms with Crippen LogP contribution in [0.5, 0.6) is 11.5 Å². The van der Waals surface area contributed by atoms with Crippen LogP contribution in [0.4, 0.5) is 15.8 Å². The standard InChI is InChI=1S/C19H21FN2O5/c1-3-9-26-17-8-6-14(12-18(17)27-10-4-2)21-19(23)13-5-7-15(20)16(11-13)22(24)25/h5-8,11-12H,3-4,9-10H2,1-2H3,(H,21,23). The number of anilines is 1. The van der Waals surface area contributed by atoms with E-state index in [4.69, 9.17) is 9.47 Å². The van der Waals surface area contributed by atoms with Crippen LogP contribution < -0.4 is 14.8 Å². The highest BCUT2D eigenvalue weighted by atomic mass is 19.1. The topological polar surface area (TPSA) is 90.7 Å². The van der Waals surface area contributed by atoms with Crippen molar-refractivity contribution < 1.29 is 23.6 Å². The van der Waals surface area contributed by atoms with Gasteiger partial charge >= 0.3 is 5.69 Å². The number of rotatable bonds is 9. The summed E-state index contributed by atoms with van der Waals surface area (Å²) in [5.41, 5.74) is -0.342. The number of benzene rings is 2. The van der Waals surface area contributed by atoms with E-state index in [2.05, 4.69) is 5.32 Å². The van der Waals surface area contributed by atoms with Gasteiger partial charge in [-0.2, -0.15) is 4.39 Å². The third-order valence-electron chi connectivity index (χ3n) is 3.53. The minimum Gasteiger partial charge on any atom is -0.490 e. The molecule has 0 bridgehead atoms. The molecular weight excluding hydrogens is 355 g/mol. The van der Waals surface area contributed by atoms with Crippen molar-refractivity contribution in [2.24, 2.45) is 0 Å². The van der Waals surface area contributed by atoms with Gasteiger partial charge in [-0.05, 0) is 37.1 Å². The number of ether oxygens (including phenoxy) is 2. The van der Waals surface area contributed by atoms with E-state index in [-0.39, 0.29) is 5.56 Å². The van der Waals surface area contributed by atoms with Crippen LogP contribution in [-0.2, 0) is 0 Å². The highest BCUT2D eigenvalue weighted by Gasteiger charge is 2.18. The lowest BCUT2D eigenvalue weighted by atomic mass is 10.1. The fourth-order valence-electron chi connectivity index (χ4n) is 2.24. The molecular formula is C19H21FN2O5. The van der Waals surface area contributed by atoms with Gasteiger partial charge in [0.1, 0.15) is 0 Å². The lowest BCUT2D eigenvalue weighted by Gasteiger charge is -2.14. The van der Waals surface area contributed by atoms with Crippen LogP contribution in [0.25, 0.3) is 0 Å². The molecule has 0 aliphatic heterocycles. The molecule has 0 aliphatic rings. The molecule has 1 amide bonds. The van der Waals surface area contributed by atoms with E-state index in [0.717, 1.165) is 25.0 Å². The minimum absolute atomic E-state index is 0.0227. The van der Waals surface area contributed by atoms with Crippen molar-refractivity contribution in [1.29, 1.82) is 0 Å². The van der Waals surface area contributed by atoms with E-state index in [1.807, 2.05) is 13.8 Å². The Morgan fingerprint density at radius 2 is 1.74 bits per heavy atom. The smallest absolute Gasteiger partial charge is 0.305 e. The largest absolute Gasteiger partial charge is 0.490 e. The van der Waals surface area contributed by atoms with Crippen molar-refractivity contribution in [2.45, 2.75) is 26.7 Å². The first-order valence-electron chi connectivity index (χ1n) is 8.61. The molecule has 144 valence electrons. The third kappa shape index (κ3) is 5.40. The maximum atomic E-state index is 13.4. The van der Waals surface area contributed by atoms with Crippen molar-refractivity contribution in [3.8, 4) is 11.5 Å². The lowest BCUT2D eigenvalue weighted by Crippen LogP contribution is -2.13. The quantitative estimate of drug-likeness (QED) is 0.512. The van der Waals surface area contributed by atoms with Gasteiger partial charge in [-0.25, -0.2) is 0 Å². The summed E-state index contributed by atoms with van der Waals surface area (Å²) < 4.78 is 24.7. The molecule has 0 aromatic heterocycles. The van der Waals surface area contributed by atoms with Crippen LogP contribution in [-0.4, -0.2) is 24.0 Å². The van der Waals surface area contributed by atoms with Gasteiger partial charge in [0.25, 0.3) is 5.91 Å². The molecule has 0 radical (unpaired) electrons. The van der Waals surface area contributed by atoms with Crippen molar-refractivity contribution in [3.05, 3.63) is 57.9 Å². The first-order valence-corrected chi connectivity index (χ1v) is 8.61. The molecule has 0 aliphatic carbocycles. The van der Waals surface area contributed by atoms with E-state index >= 15 is 0 Å². The van der Waals surface area contributed by atoms with Crippen LogP contribution in [0.2, 0.25) is 0 Å². The molecule has 2 aromatic rings. The molecule has 7 nitrogen and oxygen atoms in total. The van der Waals surface area contributed by atoms with Crippen molar-refractivity contribution in [3.63, 3.8) is 0 Å². The molecule has 2 aromatic carbocycles. The maximum absolute atomic E-state index is 13.4. The summed E-state index contributed by atoms with van der Waals surface area (Å²) in [5.74, 6) is -0.528. The number of halogens is 1. The van der Waals surface area contributed by atoms with Crippen LogP contribution in [0, 0.1) is 15.9 Å². The van der Waals surface area contributed by atoms with Gasteiger partial charge in [0.15, 0.2) is 11.5 Å². The van der Waals surface area contributed by atoms with Crippen molar-refractivity contribution in [1.82, 2.24) is 0 Å². The molecule has 0 saturated carbocycles. The summed E-state index contributed by atoms with van der Waals surface area (Å²) in [6.45, 7) is 4.99. The number of nitrogens with one attached hydrogen (secondary N) is 1. The molecule has 0 spiro atoms. The number of hydrogen-bond donors (Lipinski definition) is 1. The Kier molecular flexibility index (Phi) is 7.10. The summed E-state index contributed by atoms with van der Waals surface area (Å²) in [6.07, 6.45) is 1.65. The summed E-state index contributed by atoms with van der Waals surface area (Å²) in [7, 11) is 0. The number of nitro groups is 1. The molecule has 0 fully saturated rings. The molecule has 0 atom stereocenters. The zero-order chi connectivity index (χ0) is 19.8. The Morgan fingerprint density at radius 1 is 1.07 bits per heavy atom. The first-order chi connectivity index (χ1) is 13.0. The average molecular weight is 376 g/mol. The molecule has 8 heteroatoms. The Labute approximate surface area is 156 Å². The molecule has 0 saturated heterocycles. The fraction of sp³-hybridized carbons (Fsp3) is 0.316. The average Bonchev–Trinajstić information content (AvgIpc) is 2.65. The molecule has 2 rings (SSSR count). The predicted molar refractivity (Wildman–Crippen MR) is 99.0 cm³/mol. The summed E-state index contributed by atoms with van der Waals surface area (Å²) in [6, 6.07) is 7.92. The first kappa shape index (κ1) is 20.2. The van der Waals surface area contributed by atoms with Gasteiger partial charge in [0, 0.05) is 23.4 Å². The highest BCUT2D eigenvalue weighted by Crippen LogP contribution is 2.31. The second kappa shape index (κ2) is 9.51. The van der Waals surface area contributed by atoms with Gasteiger partial charge in [-0.3, -0.25) is 14.9 Å². The van der Waals surface area contributed by atoms with E-state index in [1.54, 1.807) is 18.2 Å². The second-order valence-electron chi connectivity index (χ2n) is 5.74. The highest BCUT2D eigenvalue weighted by molar-refractivity contribution is 6.04. The number of amides is 1. The van der Waals surface area contributed by atoms with E-state index in [9.17, 15) is 19.3 Å². The Bertz CT molecular complexity index is 826. The summed E-state index contributed by atoms with van der Waals surface area (Å²) in [4.78, 5) is 22.3. The summed E-state index contributed by atoms with van der Waals surface area (Å²) in [5, 5.41) is 13.5. The van der Waals surface area contributed by atoms with E-state index < -0.39 is 22.3 Å². The Morgan fingerprint density at radius 3 is 2.37 bits per heavy atom. The molecule has 0 unspecified atom stereocenters. The van der Waals surface area contributed by atoms with Gasteiger partial charge in [0.2, 0.25) is 5.82 Å². The predicted octanol–water partition coefficient (Wildman–Crippen LogP) is 4.56. The van der Waals surface area contributed by atoms with Gasteiger partial charge in [-0.1, -0.05) is 13.8 Å². The summed E-state index contributed by atoms with van der Waals surface area (Å²) >= 11 is 0. The number of nitrogens with zero attached hydrogens (tertiary/aromatic N) is 1. The van der Waals surface area contributed by atoms with Crippen molar-refractivity contribution >= 4 is 17.3 Å². The van der Waals surface area contributed by atoms with Crippen LogP contribution >= 0.6 is 0 Å². The zero-order valence-corrected chi connectivity index (χ0v) is 15.2. The van der Waals surface area contributed by atoms with Crippen molar-refractivity contribution in [2.75, 3.05) is 18.5 Å². The van der Waals surface area contributed by atoms with Gasteiger partial charge in [0.05, 0.1) is 18.1 Å². The lowest BCUT2D eigenvalue weighted by molar-refractivity contribution is -0.387. The Hall–Kier alpha value is -3.16. The fourth-order valence-corrected chi connectivity index (χ4v) is 2.24. The number of hydrogen-bond acceptors (Lipinski definition) is 5. The second-order valence-corrected chi connectivity index (χ2v) is 5.74. The van der Waals surface area contributed by atoms with E-state index in [1.165, 1.54) is 6.07 Å². The normalized spacial score (nSPS) is 10.3. The zero-order valence-electron chi connectivity index (χ0n) is 15.2.